The molecule has 70 valence electrons. The molecule has 0 unspecified atom stereocenters. The molecule has 0 fully saturated rings. The van der Waals surface area contributed by atoms with E-state index in [1.165, 1.54) is 0 Å². The maximum Gasteiger partial charge on any atom is 0.139 e. The Balaban J connectivity index is 2.71. The highest BCUT2D eigenvalue weighted by Gasteiger charge is 2.04. The summed E-state index contributed by atoms with van der Waals surface area (Å²) in [5.74, 6) is 0.583. The summed E-state index contributed by atoms with van der Waals surface area (Å²) < 4.78 is 5.34. The lowest BCUT2D eigenvalue weighted by Crippen LogP contribution is -1.93. The first-order valence-corrected chi connectivity index (χ1v) is 4.56. The molecule has 0 N–H and O–H groups in total. The van der Waals surface area contributed by atoms with E-state index in [4.69, 9.17) is 16.3 Å². The summed E-state index contributed by atoms with van der Waals surface area (Å²) in [5.41, 5.74) is 0.762. The van der Waals surface area contributed by atoms with E-state index in [1.807, 2.05) is 19.1 Å². The van der Waals surface area contributed by atoms with Crippen LogP contribution in [-0.2, 0) is 4.74 Å². The fourth-order valence-electron chi connectivity index (χ4n) is 0.897. The topological polar surface area (TPSA) is 22.1 Å². The molecule has 0 spiro atoms. The van der Waals surface area contributed by atoms with Crippen LogP contribution in [-0.4, -0.2) is 11.6 Å². The first-order valence-electron chi connectivity index (χ1n) is 4.18. The van der Waals surface area contributed by atoms with Gasteiger partial charge in [-0.2, -0.15) is 0 Å². The number of nitrogens with zero attached hydrogens (tertiary/aromatic N) is 1. The summed E-state index contributed by atoms with van der Waals surface area (Å²) in [6, 6.07) is 3.65. The van der Waals surface area contributed by atoms with Crippen molar-refractivity contribution in [2.45, 2.75) is 13.3 Å². The molecule has 0 saturated heterocycles. The third-order valence-corrected chi connectivity index (χ3v) is 1.84. The van der Waals surface area contributed by atoms with Crippen LogP contribution in [0.5, 0.6) is 0 Å². The lowest BCUT2D eigenvalue weighted by molar-refractivity contribution is 0.278. The first kappa shape index (κ1) is 10.1. The van der Waals surface area contributed by atoms with Gasteiger partial charge in [-0.15, -0.1) is 0 Å². The summed E-state index contributed by atoms with van der Waals surface area (Å²) in [4.78, 5) is 3.93. The molecule has 0 aliphatic carbocycles. The minimum Gasteiger partial charge on any atom is -0.493 e. The van der Waals surface area contributed by atoms with Gasteiger partial charge in [0.2, 0.25) is 0 Å². The van der Waals surface area contributed by atoms with E-state index < -0.39 is 0 Å². The second kappa shape index (κ2) is 4.87. The highest BCUT2D eigenvalue weighted by molar-refractivity contribution is 6.31. The Morgan fingerprint density at radius 1 is 1.69 bits per heavy atom. The van der Waals surface area contributed by atoms with Crippen LogP contribution in [0.2, 0.25) is 5.15 Å². The maximum atomic E-state index is 5.85. The molecule has 0 aliphatic rings. The second-order valence-electron chi connectivity index (χ2n) is 2.61. The average Bonchev–Trinajstić information content (AvgIpc) is 2.15. The Labute approximate surface area is 83.2 Å². The van der Waals surface area contributed by atoms with E-state index in [1.54, 1.807) is 6.20 Å². The Bertz CT molecular complexity index is 299. The molecule has 13 heavy (non-hydrogen) atoms. The Kier molecular flexibility index (Phi) is 3.77. The second-order valence-corrected chi connectivity index (χ2v) is 2.97. The van der Waals surface area contributed by atoms with E-state index in [0.29, 0.717) is 17.5 Å². The SMILES string of the molecule is C=C(OCCC)c1cccnc1Cl. The lowest BCUT2D eigenvalue weighted by atomic mass is 10.2. The summed E-state index contributed by atoms with van der Waals surface area (Å²) in [6.07, 6.45) is 2.59. The number of halogens is 1. The number of hydrogen-bond donors (Lipinski definition) is 0. The Hall–Kier alpha value is -1.02. The van der Waals surface area contributed by atoms with Crippen molar-refractivity contribution in [2.24, 2.45) is 0 Å². The predicted molar refractivity (Wildman–Crippen MR) is 54.5 cm³/mol. The zero-order valence-electron chi connectivity index (χ0n) is 7.59. The van der Waals surface area contributed by atoms with Crippen LogP contribution < -0.4 is 0 Å². The van der Waals surface area contributed by atoms with Gasteiger partial charge in [0.05, 0.1) is 12.2 Å². The normalized spacial score (nSPS) is 9.69. The maximum absolute atomic E-state index is 5.85. The van der Waals surface area contributed by atoms with Crippen LogP contribution in [0.4, 0.5) is 0 Å². The number of pyridine rings is 1. The summed E-state index contributed by atoms with van der Waals surface area (Å²) >= 11 is 5.85. The summed E-state index contributed by atoms with van der Waals surface area (Å²) in [7, 11) is 0. The zero-order chi connectivity index (χ0) is 9.68. The quantitative estimate of drug-likeness (QED) is 0.547. The molecule has 1 rings (SSSR count). The molecule has 0 aromatic carbocycles. The van der Waals surface area contributed by atoms with Crippen LogP contribution in [0.25, 0.3) is 5.76 Å². The van der Waals surface area contributed by atoms with Gasteiger partial charge < -0.3 is 4.74 Å². The molecule has 1 heterocycles. The fraction of sp³-hybridized carbons (Fsp3) is 0.300. The molecular weight excluding hydrogens is 186 g/mol. The van der Waals surface area contributed by atoms with Crippen molar-refractivity contribution in [2.75, 3.05) is 6.61 Å². The van der Waals surface area contributed by atoms with Crippen molar-refractivity contribution >= 4 is 17.4 Å². The van der Waals surface area contributed by atoms with Gasteiger partial charge in [-0.3, -0.25) is 0 Å². The van der Waals surface area contributed by atoms with E-state index in [-0.39, 0.29) is 0 Å². The Morgan fingerprint density at radius 2 is 2.46 bits per heavy atom. The molecule has 1 aromatic heterocycles. The van der Waals surface area contributed by atoms with Crippen LogP contribution in [0, 0.1) is 0 Å². The Morgan fingerprint density at radius 3 is 3.08 bits per heavy atom. The summed E-state index contributed by atoms with van der Waals surface area (Å²) in [5, 5.41) is 0.434. The monoisotopic (exact) mass is 197 g/mol. The molecule has 0 bridgehead atoms. The zero-order valence-corrected chi connectivity index (χ0v) is 8.34. The minimum atomic E-state index is 0.434. The molecule has 0 radical (unpaired) electrons. The molecule has 0 atom stereocenters. The van der Waals surface area contributed by atoms with Gasteiger partial charge >= 0.3 is 0 Å². The van der Waals surface area contributed by atoms with Gasteiger partial charge in [-0.05, 0) is 18.6 Å². The highest BCUT2D eigenvalue weighted by Crippen LogP contribution is 2.20. The van der Waals surface area contributed by atoms with E-state index in [0.717, 1.165) is 12.0 Å². The van der Waals surface area contributed by atoms with Crippen molar-refractivity contribution in [1.29, 1.82) is 0 Å². The van der Waals surface area contributed by atoms with Gasteiger partial charge in [0, 0.05) is 6.20 Å². The van der Waals surface area contributed by atoms with Crippen molar-refractivity contribution < 1.29 is 4.74 Å². The number of hydrogen-bond acceptors (Lipinski definition) is 2. The molecule has 0 amide bonds. The lowest BCUT2D eigenvalue weighted by Gasteiger charge is -2.08. The van der Waals surface area contributed by atoms with E-state index in [9.17, 15) is 0 Å². The molecule has 0 aliphatic heterocycles. The van der Waals surface area contributed by atoms with Crippen LogP contribution in [0.3, 0.4) is 0 Å². The standard InChI is InChI=1S/C10H12ClNO/c1-3-7-13-8(2)9-5-4-6-12-10(9)11/h4-6H,2-3,7H2,1H3. The largest absolute Gasteiger partial charge is 0.493 e. The fourth-order valence-corrected chi connectivity index (χ4v) is 1.12. The molecule has 0 saturated carbocycles. The average molecular weight is 198 g/mol. The van der Waals surface area contributed by atoms with Crippen molar-refractivity contribution in [3.63, 3.8) is 0 Å². The van der Waals surface area contributed by atoms with Crippen LogP contribution in [0.15, 0.2) is 24.9 Å². The smallest absolute Gasteiger partial charge is 0.139 e. The van der Waals surface area contributed by atoms with Gasteiger partial charge in [-0.25, -0.2) is 4.98 Å². The minimum absolute atomic E-state index is 0.434. The van der Waals surface area contributed by atoms with Gasteiger partial charge in [-0.1, -0.05) is 25.1 Å². The van der Waals surface area contributed by atoms with Crippen molar-refractivity contribution in [3.8, 4) is 0 Å². The molecule has 1 aromatic rings. The third-order valence-electron chi connectivity index (χ3n) is 1.54. The summed E-state index contributed by atoms with van der Waals surface area (Å²) in [6.45, 7) is 6.47. The predicted octanol–water partition coefficient (Wildman–Crippen LogP) is 3.13. The van der Waals surface area contributed by atoms with Gasteiger partial charge in [0.1, 0.15) is 10.9 Å². The number of ether oxygens (including phenoxy) is 1. The first-order chi connectivity index (χ1) is 6.25. The number of rotatable bonds is 4. The van der Waals surface area contributed by atoms with E-state index in [2.05, 4.69) is 11.6 Å². The van der Waals surface area contributed by atoms with E-state index >= 15 is 0 Å². The number of aromatic nitrogens is 1. The third kappa shape index (κ3) is 2.74. The molecular formula is C10H12ClNO. The van der Waals surface area contributed by atoms with Crippen LogP contribution in [0.1, 0.15) is 18.9 Å². The molecule has 3 heteroatoms. The van der Waals surface area contributed by atoms with Crippen molar-refractivity contribution in [1.82, 2.24) is 4.98 Å². The van der Waals surface area contributed by atoms with Crippen molar-refractivity contribution in [3.05, 3.63) is 35.6 Å². The van der Waals surface area contributed by atoms with Gasteiger partial charge in [0.25, 0.3) is 0 Å². The molecule has 2 nitrogen and oxygen atoms in total. The highest BCUT2D eigenvalue weighted by atomic mass is 35.5. The van der Waals surface area contributed by atoms with Crippen LogP contribution >= 0.6 is 11.6 Å². The van der Waals surface area contributed by atoms with Gasteiger partial charge in [0.15, 0.2) is 0 Å².